The molecule has 2 heterocycles. The van der Waals surface area contributed by atoms with Crippen molar-refractivity contribution in [3.8, 4) is 22.3 Å². The molecule has 2 aromatic heterocycles. The van der Waals surface area contributed by atoms with Crippen LogP contribution in [0.4, 0.5) is 34.1 Å². The van der Waals surface area contributed by atoms with E-state index in [1.165, 1.54) is 76.8 Å². The molecule has 0 atom stereocenters. The van der Waals surface area contributed by atoms with E-state index >= 15 is 0 Å². The number of hydrogen-bond acceptors (Lipinski definition) is 4. The normalized spacial score (nSPS) is 13.0. The number of benzene rings is 13. The molecule has 0 bridgehead atoms. The third-order valence-electron chi connectivity index (χ3n) is 16.8. The van der Waals surface area contributed by atoms with Crippen LogP contribution in [-0.4, -0.2) is 0 Å². The second-order valence-electron chi connectivity index (χ2n) is 20.6. The van der Waals surface area contributed by atoms with E-state index in [1.807, 2.05) is 12.1 Å². The summed E-state index contributed by atoms with van der Waals surface area (Å²) in [5.74, 6) is 0. The van der Waals surface area contributed by atoms with Gasteiger partial charge in [0.1, 0.15) is 22.3 Å². The van der Waals surface area contributed by atoms with Gasteiger partial charge in [0, 0.05) is 55.4 Å². The minimum Gasteiger partial charge on any atom is -0.456 e. The third kappa shape index (κ3) is 5.81. The van der Waals surface area contributed by atoms with Crippen LogP contribution in [0.2, 0.25) is 0 Å². The number of para-hydroxylation sites is 4. The van der Waals surface area contributed by atoms with Gasteiger partial charge in [-0.05, 0) is 162 Å². The maximum Gasteiger partial charge on any atom is 0.135 e. The molecule has 0 N–H and O–H groups in total. The van der Waals surface area contributed by atoms with E-state index < -0.39 is 5.41 Å². The van der Waals surface area contributed by atoms with Crippen molar-refractivity contribution < 1.29 is 8.83 Å². The maximum absolute atomic E-state index is 6.43. The van der Waals surface area contributed by atoms with Crippen molar-refractivity contribution in [3.05, 3.63) is 289 Å². The molecule has 2 aliphatic carbocycles. The fraction of sp³-hybridized carbons (Fsp3) is 0.0137. The highest BCUT2D eigenvalue weighted by atomic mass is 16.3. The summed E-state index contributed by atoms with van der Waals surface area (Å²) in [6.07, 6.45) is 0. The molecule has 0 radical (unpaired) electrons. The van der Waals surface area contributed by atoms with E-state index in [0.717, 1.165) is 78.0 Å². The highest BCUT2D eigenvalue weighted by Gasteiger charge is 2.54. The topological polar surface area (TPSA) is 32.8 Å². The first-order valence-electron chi connectivity index (χ1n) is 26.5. The van der Waals surface area contributed by atoms with Gasteiger partial charge < -0.3 is 18.6 Å². The van der Waals surface area contributed by atoms with E-state index in [0.29, 0.717) is 0 Å². The zero-order chi connectivity index (χ0) is 50.3. The van der Waals surface area contributed by atoms with Gasteiger partial charge in [-0.25, -0.2) is 0 Å². The quantitative estimate of drug-likeness (QED) is 0.155. The Kier molecular flexibility index (Phi) is 8.73. The van der Waals surface area contributed by atoms with Crippen molar-refractivity contribution in [1.29, 1.82) is 0 Å². The van der Waals surface area contributed by atoms with Crippen molar-refractivity contribution in [2.75, 3.05) is 9.80 Å². The van der Waals surface area contributed by atoms with Crippen LogP contribution < -0.4 is 9.80 Å². The number of anilines is 6. The molecule has 358 valence electrons. The molecule has 0 unspecified atom stereocenters. The van der Waals surface area contributed by atoms with E-state index in [4.69, 9.17) is 8.83 Å². The lowest BCUT2D eigenvalue weighted by Crippen LogP contribution is -2.26. The lowest BCUT2D eigenvalue weighted by Gasteiger charge is -2.34. The van der Waals surface area contributed by atoms with Crippen LogP contribution in [0.25, 0.3) is 98.4 Å². The lowest BCUT2D eigenvalue weighted by atomic mass is 9.69. The average Bonchev–Trinajstić information content (AvgIpc) is 4.39. The van der Waals surface area contributed by atoms with Gasteiger partial charge in [0.15, 0.2) is 0 Å². The van der Waals surface area contributed by atoms with Gasteiger partial charge in [-0.3, -0.25) is 0 Å². The number of furan rings is 2. The van der Waals surface area contributed by atoms with E-state index in [1.54, 1.807) is 0 Å². The van der Waals surface area contributed by atoms with E-state index in [-0.39, 0.29) is 0 Å². The Balaban J connectivity index is 0.985. The summed E-state index contributed by atoms with van der Waals surface area (Å²) in [4.78, 5) is 4.87. The highest BCUT2D eigenvalue weighted by molar-refractivity contribution is 6.25. The molecule has 0 aliphatic heterocycles. The lowest BCUT2D eigenvalue weighted by molar-refractivity contribution is 0.668. The fourth-order valence-corrected chi connectivity index (χ4v) is 13.7. The first kappa shape index (κ1) is 42.2. The highest BCUT2D eigenvalue weighted by Crippen LogP contribution is 2.67. The van der Waals surface area contributed by atoms with Gasteiger partial charge in [-0.2, -0.15) is 0 Å². The molecule has 15 aromatic rings. The zero-order valence-corrected chi connectivity index (χ0v) is 41.6. The van der Waals surface area contributed by atoms with Crippen molar-refractivity contribution in [2.45, 2.75) is 5.41 Å². The van der Waals surface area contributed by atoms with Gasteiger partial charge in [-0.1, -0.05) is 176 Å². The molecule has 17 rings (SSSR count). The Morgan fingerprint density at radius 2 is 0.675 bits per heavy atom. The molecular weight excluding hydrogens is 937 g/mol. The SMILES string of the molecule is c1ccc(N(c2ccc3oc4ccccc4c3c2)c2ccc3c4c(c5ccccc5c3c2)-c2c(cc(N(c3ccccc3)c3ccc5oc6ccccc6c5c3)c3ccccc23)C42c3ccccc3-c3ccccc32)cc1. The fourth-order valence-electron chi connectivity index (χ4n) is 13.7. The smallest absolute Gasteiger partial charge is 0.135 e. The van der Waals surface area contributed by atoms with Crippen molar-refractivity contribution in [2.24, 2.45) is 0 Å². The number of hydrogen-bond donors (Lipinski definition) is 0. The molecule has 2 aliphatic rings. The first-order valence-corrected chi connectivity index (χ1v) is 26.5. The Morgan fingerprint density at radius 1 is 0.247 bits per heavy atom. The molecule has 0 amide bonds. The summed E-state index contributed by atoms with van der Waals surface area (Å²) in [5, 5.41) is 11.7. The Hall–Kier alpha value is -10.2. The summed E-state index contributed by atoms with van der Waals surface area (Å²) in [6.45, 7) is 0. The predicted molar refractivity (Wildman–Crippen MR) is 319 cm³/mol. The van der Waals surface area contributed by atoms with Crippen LogP contribution in [0, 0.1) is 0 Å². The molecule has 13 aromatic carbocycles. The van der Waals surface area contributed by atoms with Crippen LogP contribution in [0.15, 0.2) is 276 Å². The Bertz CT molecular complexity index is 4910. The Morgan fingerprint density at radius 3 is 1.27 bits per heavy atom. The molecular formula is C73H44N2O2. The van der Waals surface area contributed by atoms with Gasteiger partial charge in [0.25, 0.3) is 0 Å². The molecule has 0 saturated heterocycles. The van der Waals surface area contributed by atoms with Gasteiger partial charge in [-0.15, -0.1) is 0 Å². The standard InChI is InChI=1S/C73H44N2O2/c1-3-19-45(20-4-1)74(48-36-39-68-60(42-48)54-27-13-17-33-66(54)76-68)47-35-38-58-59(41-47)50-23-7-9-29-56(50)71-70-57-30-10-8-26-53(57)65(44-64(70)73(72(58)71)62-31-15-11-24-51(62)52-25-12-16-32-63(52)73)75(46-21-5-2-6-22-46)49-37-40-69-61(43-49)55-28-14-18-34-67(55)77-69/h1-44H. The molecule has 77 heavy (non-hydrogen) atoms. The van der Waals surface area contributed by atoms with Crippen LogP contribution in [0.5, 0.6) is 0 Å². The minimum atomic E-state index is -0.694. The molecule has 4 heteroatoms. The van der Waals surface area contributed by atoms with Crippen LogP contribution in [0.3, 0.4) is 0 Å². The molecule has 0 saturated carbocycles. The van der Waals surface area contributed by atoms with Gasteiger partial charge in [0.05, 0.1) is 11.1 Å². The van der Waals surface area contributed by atoms with E-state index in [2.05, 4.69) is 265 Å². The summed E-state index contributed by atoms with van der Waals surface area (Å²) >= 11 is 0. The summed E-state index contributed by atoms with van der Waals surface area (Å²) < 4.78 is 12.8. The van der Waals surface area contributed by atoms with Crippen molar-refractivity contribution in [1.82, 2.24) is 0 Å². The third-order valence-corrected chi connectivity index (χ3v) is 16.8. The zero-order valence-electron chi connectivity index (χ0n) is 41.6. The number of fused-ring (bicyclic) bond motifs is 23. The average molecular weight is 981 g/mol. The second kappa shape index (κ2) is 15.9. The second-order valence-corrected chi connectivity index (χ2v) is 20.6. The number of rotatable bonds is 6. The first-order chi connectivity index (χ1) is 38.2. The Labute approximate surface area is 443 Å². The van der Waals surface area contributed by atoms with Crippen LogP contribution in [-0.2, 0) is 5.41 Å². The van der Waals surface area contributed by atoms with E-state index in [9.17, 15) is 0 Å². The van der Waals surface area contributed by atoms with Gasteiger partial charge in [0.2, 0.25) is 0 Å². The monoisotopic (exact) mass is 980 g/mol. The molecule has 1 spiro atoms. The minimum absolute atomic E-state index is 0.694. The van der Waals surface area contributed by atoms with Crippen LogP contribution >= 0.6 is 0 Å². The van der Waals surface area contributed by atoms with Crippen molar-refractivity contribution in [3.63, 3.8) is 0 Å². The van der Waals surface area contributed by atoms with Gasteiger partial charge >= 0.3 is 0 Å². The summed E-state index contributed by atoms with van der Waals surface area (Å²) in [7, 11) is 0. The number of nitrogens with zero attached hydrogens (tertiary/aromatic N) is 2. The maximum atomic E-state index is 6.43. The van der Waals surface area contributed by atoms with Crippen molar-refractivity contribution >= 4 is 110 Å². The molecule has 0 fully saturated rings. The summed E-state index contributed by atoms with van der Waals surface area (Å²) in [6, 6.07) is 98.0. The largest absolute Gasteiger partial charge is 0.456 e. The molecule has 4 nitrogen and oxygen atoms in total. The summed E-state index contributed by atoms with van der Waals surface area (Å²) in [5.41, 5.74) is 19.6. The van der Waals surface area contributed by atoms with Crippen LogP contribution in [0.1, 0.15) is 22.3 Å². The predicted octanol–water partition coefficient (Wildman–Crippen LogP) is 20.2.